The molecular weight excluding hydrogens is 224 g/mol. The predicted octanol–water partition coefficient (Wildman–Crippen LogP) is 3.40. The number of hydrogen-bond acceptors (Lipinski definition) is 3. The monoisotopic (exact) mass is 244 g/mol. The molecule has 0 bridgehead atoms. The molecular formula is C15H20N2O. The van der Waals surface area contributed by atoms with E-state index >= 15 is 0 Å². The fraction of sp³-hybridized carbons (Fsp3) is 0.400. The highest BCUT2D eigenvalue weighted by molar-refractivity contribution is 5.40. The Kier molecular flexibility index (Phi) is 5.79. The van der Waals surface area contributed by atoms with Crippen LogP contribution in [0.25, 0.3) is 0 Å². The zero-order chi connectivity index (χ0) is 13.4. The molecule has 0 fully saturated rings. The summed E-state index contributed by atoms with van der Waals surface area (Å²) in [7, 11) is 0. The Morgan fingerprint density at radius 3 is 2.89 bits per heavy atom. The van der Waals surface area contributed by atoms with Gasteiger partial charge in [-0.1, -0.05) is 19.9 Å². The van der Waals surface area contributed by atoms with Crippen molar-refractivity contribution in [2.75, 3.05) is 6.61 Å². The largest absolute Gasteiger partial charge is 0.500 e. The van der Waals surface area contributed by atoms with Crippen LogP contribution in [0.4, 0.5) is 0 Å². The zero-order valence-corrected chi connectivity index (χ0v) is 11.2. The Hall–Kier alpha value is -1.95. The maximum Gasteiger partial charge on any atom is 0.102 e. The third-order valence-corrected chi connectivity index (χ3v) is 2.70. The van der Waals surface area contributed by atoms with E-state index in [2.05, 4.69) is 25.2 Å². The predicted molar refractivity (Wildman–Crippen MR) is 73.2 cm³/mol. The first-order valence-electron chi connectivity index (χ1n) is 6.29. The van der Waals surface area contributed by atoms with Gasteiger partial charge in [0.2, 0.25) is 0 Å². The molecule has 0 saturated carbocycles. The van der Waals surface area contributed by atoms with E-state index < -0.39 is 0 Å². The maximum absolute atomic E-state index is 8.88. The summed E-state index contributed by atoms with van der Waals surface area (Å²) in [4.78, 5) is 0. The van der Waals surface area contributed by atoms with Gasteiger partial charge in [0, 0.05) is 17.3 Å². The molecule has 1 atom stereocenters. The average Bonchev–Trinajstić information content (AvgIpc) is 2.57. The van der Waals surface area contributed by atoms with Crippen molar-refractivity contribution in [2.24, 2.45) is 5.92 Å². The van der Waals surface area contributed by atoms with Crippen LogP contribution < -0.4 is 5.32 Å². The lowest BCUT2D eigenvalue weighted by Crippen LogP contribution is -2.17. The van der Waals surface area contributed by atoms with Gasteiger partial charge in [-0.15, -0.1) is 0 Å². The molecule has 0 heterocycles. The van der Waals surface area contributed by atoms with Gasteiger partial charge >= 0.3 is 0 Å². The van der Waals surface area contributed by atoms with Crippen LogP contribution >= 0.6 is 0 Å². The summed E-state index contributed by atoms with van der Waals surface area (Å²) in [6.45, 7) is 6.80. The van der Waals surface area contributed by atoms with Crippen LogP contribution in [-0.4, -0.2) is 6.61 Å². The second-order valence-corrected chi connectivity index (χ2v) is 4.08. The number of rotatable bonds is 5. The molecule has 0 aromatic rings. The number of nitriles is 1. The fourth-order valence-electron chi connectivity index (χ4n) is 1.54. The first-order valence-corrected chi connectivity index (χ1v) is 6.29. The van der Waals surface area contributed by atoms with Crippen molar-refractivity contribution in [2.45, 2.75) is 27.2 Å². The van der Waals surface area contributed by atoms with Gasteiger partial charge in [-0.2, -0.15) is 5.26 Å². The van der Waals surface area contributed by atoms with E-state index in [0.717, 1.165) is 17.8 Å². The minimum Gasteiger partial charge on any atom is -0.500 e. The van der Waals surface area contributed by atoms with E-state index in [1.165, 1.54) is 0 Å². The first kappa shape index (κ1) is 14.1. The zero-order valence-electron chi connectivity index (χ0n) is 11.2. The van der Waals surface area contributed by atoms with E-state index in [0.29, 0.717) is 12.2 Å². The lowest BCUT2D eigenvalue weighted by atomic mass is 10.1. The molecule has 0 radical (unpaired) electrons. The highest BCUT2D eigenvalue weighted by Gasteiger charge is 2.09. The summed E-state index contributed by atoms with van der Waals surface area (Å²) in [6, 6.07) is 2.15. The van der Waals surface area contributed by atoms with Crippen molar-refractivity contribution in [3.8, 4) is 6.07 Å². The molecule has 1 unspecified atom stereocenters. The van der Waals surface area contributed by atoms with Gasteiger partial charge in [-0.05, 0) is 31.6 Å². The number of allylic oxidation sites excluding steroid dienone is 6. The van der Waals surface area contributed by atoms with Crippen LogP contribution in [0.2, 0.25) is 0 Å². The maximum atomic E-state index is 8.88. The molecule has 96 valence electrons. The SMILES string of the molecule is CCO/C=C(/CC)NC1=CC=C(C#N)C=CC1C. The van der Waals surface area contributed by atoms with Gasteiger partial charge in [0.1, 0.15) is 6.26 Å². The van der Waals surface area contributed by atoms with Crippen molar-refractivity contribution >= 4 is 0 Å². The van der Waals surface area contributed by atoms with Gasteiger partial charge in [0.15, 0.2) is 0 Å². The summed E-state index contributed by atoms with van der Waals surface area (Å²) in [5.74, 6) is 0.253. The first-order chi connectivity index (χ1) is 8.71. The molecule has 0 aromatic carbocycles. The molecule has 1 aliphatic carbocycles. The molecule has 0 aromatic heterocycles. The molecule has 18 heavy (non-hydrogen) atoms. The Bertz CT molecular complexity index is 436. The topological polar surface area (TPSA) is 45.0 Å². The van der Waals surface area contributed by atoms with Gasteiger partial charge in [0.25, 0.3) is 0 Å². The molecule has 1 rings (SSSR count). The van der Waals surface area contributed by atoms with E-state index in [-0.39, 0.29) is 5.92 Å². The van der Waals surface area contributed by atoms with Crippen LogP contribution in [0, 0.1) is 17.2 Å². The number of nitrogens with one attached hydrogen (secondary N) is 1. The van der Waals surface area contributed by atoms with E-state index in [9.17, 15) is 0 Å². The van der Waals surface area contributed by atoms with E-state index in [1.807, 2.05) is 31.2 Å². The molecule has 3 heteroatoms. The van der Waals surface area contributed by atoms with E-state index in [1.54, 1.807) is 6.26 Å². The molecule has 0 spiro atoms. The Labute approximate surface area is 109 Å². The van der Waals surface area contributed by atoms with Gasteiger partial charge < -0.3 is 10.1 Å². The van der Waals surface area contributed by atoms with Crippen LogP contribution in [0.5, 0.6) is 0 Å². The summed E-state index contributed by atoms with van der Waals surface area (Å²) >= 11 is 0. The van der Waals surface area contributed by atoms with Crippen LogP contribution in [0.3, 0.4) is 0 Å². The summed E-state index contributed by atoms with van der Waals surface area (Å²) in [5.41, 5.74) is 2.78. The lowest BCUT2D eigenvalue weighted by Gasteiger charge is -2.16. The number of hydrogen-bond donors (Lipinski definition) is 1. The lowest BCUT2D eigenvalue weighted by molar-refractivity contribution is 0.263. The smallest absolute Gasteiger partial charge is 0.102 e. The van der Waals surface area contributed by atoms with Crippen molar-refractivity contribution < 1.29 is 4.74 Å². The number of ether oxygens (including phenoxy) is 1. The molecule has 1 N–H and O–H groups in total. The van der Waals surface area contributed by atoms with Crippen LogP contribution in [0.15, 0.2) is 47.5 Å². The van der Waals surface area contributed by atoms with Gasteiger partial charge in [-0.25, -0.2) is 0 Å². The van der Waals surface area contributed by atoms with Crippen molar-refractivity contribution in [1.82, 2.24) is 5.32 Å². The Morgan fingerprint density at radius 2 is 2.28 bits per heavy atom. The molecule has 0 amide bonds. The Morgan fingerprint density at radius 1 is 1.50 bits per heavy atom. The molecule has 0 saturated heterocycles. The standard InChI is InChI=1S/C15H20N2O/c1-4-14(11-18-5-2)17-15-9-8-13(10-16)7-6-12(15)3/h6-9,11-12,17H,4-5H2,1-3H3/b14-11-. The Balaban J connectivity index is 2.82. The molecule has 1 aliphatic rings. The second kappa shape index (κ2) is 7.39. The van der Waals surface area contributed by atoms with E-state index in [4.69, 9.17) is 10.00 Å². The van der Waals surface area contributed by atoms with Crippen LogP contribution in [0.1, 0.15) is 27.2 Å². The minimum absolute atomic E-state index is 0.253. The third kappa shape index (κ3) is 4.14. The molecule has 0 aliphatic heterocycles. The molecule has 3 nitrogen and oxygen atoms in total. The quantitative estimate of drug-likeness (QED) is 0.754. The third-order valence-electron chi connectivity index (χ3n) is 2.70. The van der Waals surface area contributed by atoms with Crippen molar-refractivity contribution in [1.29, 1.82) is 5.26 Å². The summed E-state index contributed by atoms with van der Waals surface area (Å²) < 4.78 is 5.30. The highest BCUT2D eigenvalue weighted by Crippen LogP contribution is 2.17. The summed E-state index contributed by atoms with van der Waals surface area (Å²) in [5, 5.41) is 12.2. The minimum atomic E-state index is 0.253. The van der Waals surface area contributed by atoms with Crippen LogP contribution in [-0.2, 0) is 4.74 Å². The average molecular weight is 244 g/mol. The fourth-order valence-corrected chi connectivity index (χ4v) is 1.54. The second-order valence-electron chi connectivity index (χ2n) is 4.08. The van der Waals surface area contributed by atoms with Gasteiger partial charge in [0.05, 0.1) is 18.2 Å². The van der Waals surface area contributed by atoms with Gasteiger partial charge in [-0.3, -0.25) is 0 Å². The normalized spacial score (nSPS) is 19.4. The number of nitrogens with zero attached hydrogens (tertiary/aromatic N) is 1. The van der Waals surface area contributed by atoms with Crippen molar-refractivity contribution in [3.05, 3.63) is 47.5 Å². The highest BCUT2D eigenvalue weighted by atomic mass is 16.5. The van der Waals surface area contributed by atoms with Crippen molar-refractivity contribution in [3.63, 3.8) is 0 Å². The summed E-state index contributed by atoms with van der Waals surface area (Å²) in [6.07, 6.45) is 10.3.